The van der Waals surface area contributed by atoms with Crippen LogP contribution < -0.4 is 5.56 Å². The molecule has 0 aliphatic rings. The first-order chi connectivity index (χ1) is 8.75. The van der Waals surface area contributed by atoms with Crippen LogP contribution in [0.25, 0.3) is 22.0 Å². The van der Waals surface area contributed by atoms with E-state index < -0.39 is 0 Å². The molecule has 3 rings (SSSR count). The highest BCUT2D eigenvalue weighted by Crippen LogP contribution is 2.26. The molecule has 0 bridgehead atoms. The van der Waals surface area contributed by atoms with Crippen LogP contribution in [0.4, 0.5) is 0 Å². The number of fused-ring (bicyclic) bond motifs is 1. The average molecular weight is 236 g/mol. The minimum atomic E-state index is -0.140. The predicted molar refractivity (Wildman–Crippen MR) is 72.5 cm³/mol. The first kappa shape index (κ1) is 10.7. The normalized spacial score (nSPS) is 10.7. The third-order valence-electron chi connectivity index (χ3n) is 3.05. The standard InChI is InChI=1S/C15H12N2O/c1-10-9-14(16-17-15(10)18)13-8-4-6-11-5-2-3-7-12(11)13/h2-9H,1H3,(H,17,18). The second-order valence-electron chi connectivity index (χ2n) is 4.29. The fourth-order valence-corrected chi connectivity index (χ4v) is 2.09. The molecule has 0 saturated carbocycles. The Labute approximate surface area is 104 Å². The van der Waals surface area contributed by atoms with E-state index in [-0.39, 0.29) is 5.56 Å². The zero-order valence-electron chi connectivity index (χ0n) is 9.97. The van der Waals surface area contributed by atoms with Crippen molar-refractivity contribution in [3.05, 3.63) is 64.4 Å². The smallest absolute Gasteiger partial charge is 0.267 e. The van der Waals surface area contributed by atoms with Crippen LogP contribution in [0.3, 0.4) is 0 Å². The number of H-pyrrole nitrogens is 1. The van der Waals surface area contributed by atoms with Crippen molar-refractivity contribution in [1.29, 1.82) is 0 Å². The van der Waals surface area contributed by atoms with Crippen molar-refractivity contribution in [3.63, 3.8) is 0 Å². The van der Waals surface area contributed by atoms with Gasteiger partial charge in [-0.25, -0.2) is 5.10 Å². The zero-order chi connectivity index (χ0) is 12.5. The van der Waals surface area contributed by atoms with Crippen molar-refractivity contribution in [2.45, 2.75) is 6.92 Å². The van der Waals surface area contributed by atoms with Gasteiger partial charge in [0, 0.05) is 11.1 Å². The minimum absolute atomic E-state index is 0.140. The first-order valence-electron chi connectivity index (χ1n) is 5.80. The summed E-state index contributed by atoms with van der Waals surface area (Å²) < 4.78 is 0. The number of benzene rings is 2. The van der Waals surface area contributed by atoms with Crippen LogP contribution in [0, 0.1) is 6.92 Å². The van der Waals surface area contributed by atoms with Crippen molar-refractivity contribution in [1.82, 2.24) is 10.2 Å². The summed E-state index contributed by atoms with van der Waals surface area (Å²) in [6.07, 6.45) is 0. The summed E-state index contributed by atoms with van der Waals surface area (Å²) in [5, 5.41) is 8.95. The molecule has 88 valence electrons. The number of aryl methyl sites for hydroxylation is 1. The van der Waals surface area contributed by atoms with Gasteiger partial charge in [-0.3, -0.25) is 4.79 Å². The molecule has 0 unspecified atom stereocenters. The lowest BCUT2D eigenvalue weighted by atomic mass is 10.0. The van der Waals surface area contributed by atoms with Crippen LogP contribution >= 0.6 is 0 Å². The van der Waals surface area contributed by atoms with Gasteiger partial charge < -0.3 is 0 Å². The fraction of sp³-hybridized carbons (Fsp3) is 0.0667. The summed E-state index contributed by atoms with van der Waals surface area (Å²) in [7, 11) is 0. The number of hydrogen-bond acceptors (Lipinski definition) is 2. The van der Waals surface area contributed by atoms with Gasteiger partial charge in [0.05, 0.1) is 5.69 Å². The Morgan fingerprint density at radius 1 is 1.06 bits per heavy atom. The topological polar surface area (TPSA) is 45.8 Å². The number of aromatic amines is 1. The molecule has 18 heavy (non-hydrogen) atoms. The summed E-state index contributed by atoms with van der Waals surface area (Å²) in [6.45, 7) is 1.79. The molecule has 1 aromatic heterocycles. The minimum Gasteiger partial charge on any atom is -0.268 e. The lowest BCUT2D eigenvalue weighted by Crippen LogP contribution is -2.11. The van der Waals surface area contributed by atoms with Crippen LogP contribution in [-0.2, 0) is 0 Å². The molecule has 3 nitrogen and oxygen atoms in total. The second kappa shape index (κ2) is 4.11. The molecular formula is C15H12N2O. The van der Waals surface area contributed by atoms with Crippen molar-refractivity contribution in [3.8, 4) is 11.3 Å². The molecule has 0 radical (unpaired) electrons. The molecule has 1 N–H and O–H groups in total. The van der Waals surface area contributed by atoms with Crippen LogP contribution in [0.15, 0.2) is 53.3 Å². The maximum atomic E-state index is 11.3. The van der Waals surface area contributed by atoms with Crippen LogP contribution in [-0.4, -0.2) is 10.2 Å². The van der Waals surface area contributed by atoms with Crippen LogP contribution in [0.2, 0.25) is 0 Å². The maximum Gasteiger partial charge on any atom is 0.267 e. The summed E-state index contributed by atoms with van der Waals surface area (Å²) >= 11 is 0. The Hall–Kier alpha value is -2.42. The quantitative estimate of drug-likeness (QED) is 0.706. The molecule has 0 aliphatic carbocycles. The predicted octanol–water partition coefficient (Wildman–Crippen LogP) is 2.90. The summed E-state index contributed by atoms with van der Waals surface area (Å²) in [5.74, 6) is 0. The number of rotatable bonds is 1. The second-order valence-corrected chi connectivity index (χ2v) is 4.29. The molecule has 3 aromatic rings. The number of nitrogens with zero attached hydrogens (tertiary/aromatic N) is 1. The van der Waals surface area contributed by atoms with E-state index in [1.165, 1.54) is 5.39 Å². The van der Waals surface area contributed by atoms with E-state index in [0.29, 0.717) is 5.56 Å². The largest absolute Gasteiger partial charge is 0.268 e. The SMILES string of the molecule is Cc1cc(-c2cccc3ccccc23)n[nH]c1=O. The van der Waals surface area contributed by atoms with Crippen molar-refractivity contribution < 1.29 is 0 Å². The van der Waals surface area contributed by atoms with Crippen molar-refractivity contribution >= 4 is 10.8 Å². The van der Waals surface area contributed by atoms with E-state index in [9.17, 15) is 4.79 Å². The lowest BCUT2D eigenvalue weighted by Gasteiger charge is -2.05. The zero-order valence-corrected chi connectivity index (χ0v) is 9.97. The fourth-order valence-electron chi connectivity index (χ4n) is 2.09. The monoisotopic (exact) mass is 236 g/mol. The van der Waals surface area contributed by atoms with E-state index in [0.717, 1.165) is 16.6 Å². The van der Waals surface area contributed by atoms with Crippen molar-refractivity contribution in [2.24, 2.45) is 0 Å². The maximum absolute atomic E-state index is 11.3. The summed E-state index contributed by atoms with van der Waals surface area (Å²) in [5.41, 5.74) is 2.36. The summed E-state index contributed by atoms with van der Waals surface area (Å²) in [4.78, 5) is 11.3. The molecule has 0 amide bonds. The molecule has 0 aliphatic heterocycles. The third kappa shape index (κ3) is 1.70. The van der Waals surface area contributed by atoms with Crippen LogP contribution in [0.1, 0.15) is 5.56 Å². The van der Waals surface area contributed by atoms with Gasteiger partial charge in [0.2, 0.25) is 0 Å². The molecule has 0 saturated heterocycles. The van der Waals surface area contributed by atoms with Crippen LogP contribution in [0.5, 0.6) is 0 Å². The Bertz CT molecular complexity index is 769. The van der Waals surface area contributed by atoms with E-state index in [2.05, 4.69) is 28.4 Å². The first-order valence-corrected chi connectivity index (χ1v) is 5.80. The van der Waals surface area contributed by atoms with Gasteiger partial charge in [0.15, 0.2) is 0 Å². The van der Waals surface area contributed by atoms with E-state index in [1.807, 2.05) is 30.3 Å². The van der Waals surface area contributed by atoms with E-state index in [4.69, 9.17) is 0 Å². The van der Waals surface area contributed by atoms with Gasteiger partial charge >= 0.3 is 0 Å². The molecule has 0 atom stereocenters. The summed E-state index contributed by atoms with van der Waals surface area (Å²) in [6, 6.07) is 16.0. The third-order valence-corrected chi connectivity index (χ3v) is 3.05. The van der Waals surface area contributed by atoms with E-state index >= 15 is 0 Å². The van der Waals surface area contributed by atoms with Gasteiger partial charge in [0.1, 0.15) is 0 Å². The molecule has 3 heteroatoms. The molecule has 0 spiro atoms. The highest BCUT2D eigenvalue weighted by Gasteiger charge is 2.06. The highest BCUT2D eigenvalue weighted by atomic mass is 16.1. The number of aromatic nitrogens is 2. The van der Waals surface area contributed by atoms with Gasteiger partial charge in [-0.05, 0) is 23.8 Å². The Kier molecular flexibility index (Phi) is 2.45. The highest BCUT2D eigenvalue weighted by molar-refractivity contribution is 5.95. The van der Waals surface area contributed by atoms with E-state index in [1.54, 1.807) is 6.92 Å². The Morgan fingerprint density at radius 2 is 1.83 bits per heavy atom. The molecular weight excluding hydrogens is 224 g/mol. The Balaban J connectivity index is 2.31. The molecule has 1 heterocycles. The Morgan fingerprint density at radius 3 is 2.67 bits per heavy atom. The lowest BCUT2D eigenvalue weighted by molar-refractivity contribution is 0.977. The van der Waals surface area contributed by atoms with Gasteiger partial charge in [0.25, 0.3) is 5.56 Å². The molecule has 0 fully saturated rings. The average Bonchev–Trinajstić information content (AvgIpc) is 2.41. The van der Waals surface area contributed by atoms with Gasteiger partial charge in [-0.1, -0.05) is 42.5 Å². The van der Waals surface area contributed by atoms with Crippen molar-refractivity contribution in [2.75, 3.05) is 0 Å². The van der Waals surface area contributed by atoms with Gasteiger partial charge in [-0.15, -0.1) is 0 Å². The van der Waals surface area contributed by atoms with Gasteiger partial charge in [-0.2, -0.15) is 5.10 Å². The molecule has 2 aromatic carbocycles. The number of nitrogens with one attached hydrogen (secondary N) is 1. The number of hydrogen-bond donors (Lipinski definition) is 1.